The monoisotopic (exact) mass is 568 g/mol. The van der Waals surface area contributed by atoms with E-state index >= 15 is 0 Å². The van der Waals surface area contributed by atoms with Crippen molar-refractivity contribution < 1.29 is 9.53 Å². The summed E-state index contributed by atoms with van der Waals surface area (Å²) < 4.78 is 8.68. The summed E-state index contributed by atoms with van der Waals surface area (Å²) in [4.78, 5) is 24.4. The van der Waals surface area contributed by atoms with Gasteiger partial charge >= 0.3 is 6.03 Å². The zero-order valence-corrected chi connectivity index (χ0v) is 25.3. The molecule has 1 aliphatic heterocycles. The van der Waals surface area contributed by atoms with E-state index in [0.29, 0.717) is 11.6 Å². The van der Waals surface area contributed by atoms with Crippen molar-refractivity contribution in [3.8, 4) is 5.75 Å². The Labute approximate surface area is 246 Å². The number of likely N-dealkylation sites (tertiary alicyclic amines) is 1. The largest absolute Gasteiger partial charge is 0.484 e. The molecule has 42 heavy (non-hydrogen) atoms. The summed E-state index contributed by atoms with van der Waals surface area (Å²) in [5.74, 6) is 2.83. The molecule has 2 amide bonds. The van der Waals surface area contributed by atoms with Crippen molar-refractivity contribution in [2.45, 2.75) is 83.4 Å². The standard InChI is InChI=1S/C32H40N8O2/c1-20-33-26(31(2,3)4)18-27(34-20)36-30(41)35-24-13-14-25(23-11-8-7-10-22(23)24)42-21-12-15-28-37-38-29(40(28)19-21)32(5)16-9-17-39(32)6/h7-8,10-12,15,18-19,24-25H,9,13-14,16-17H2,1-6H3,(H2,33,34,35,36,41)/t24-,25+,32-/m0/s1. The Morgan fingerprint density at radius 3 is 2.60 bits per heavy atom. The number of carbonyl (C=O) groups excluding carboxylic acids is 1. The molecule has 220 valence electrons. The van der Waals surface area contributed by atoms with Gasteiger partial charge in [-0.1, -0.05) is 45.0 Å². The van der Waals surface area contributed by atoms with Crippen LogP contribution >= 0.6 is 0 Å². The molecule has 3 atom stereocenters. The molecule has 1 aliphatic carbocycles. The van der Waals surface area contributed by atoms with Crippen molar-refractivity contribution in [2.24, 2.45) is 0 Å². The number of anilines is 1. The van der Waals surface area contributed by atoms with E-state index in [1.807, 2.05) is 43.5 Å². The number of aromatic nitrogens is 5. The van der Waals surface area contributed by atoms with E-state index in [1.54, 1.807) is 0 Å². The van der Waals surface area contributed by atoms with Gasteiger partial charge in [-0.15, -0.1) is 10.2 Å². The summed E-state index contributed by atoms with van der Waals surface area (Å²) in [6.45, 7) is 11.4. The number of ether oxygens (including phenoxy) is 1. The summed E-state index contributed by atoms with van der Waals surface area (Å²) in [5, 5.41) is 15.1. The zero-order valence-electron chi connectivity index (χ0n) is 25.3. The smallest absolute Gasteiger partial charge is 0.320 e. The van der Waals surface area contributed by atoms with Crippen molar-refractivity contribution >= 4 is 17.5 Å². The number of carbonyl (C=O) groups is 1. The van der Waals surface area contributed by atoms with Crippen LogP contribution in [0, 0.1) is 6.92 Å². The van der Waals surface area contributed by atoms with Gasteiger partial charge in [0.2, 0.25) is 0 Å². The highest BCUT2D eigenvalue weighted by Crippen LogP contribution is 2.40. The van der Waals surface area contributed by atoms with Crippen LogP contribution in [0.15, 0.2) is 48.7 Å². The quantitative estimate of drug-likeness (QED) is 0.311. The van der Waals surface area contributed by atoms with E-state index in [1.165, 1.54) is 0 Å². The third-order valence-corrected chi connectivity index (χ3v) is 8.72. The topological polar surface area (TPSA) is 110 Å². The molecule has 0 bridgehead atoms. The summed E-state index contributed by atoms with van der Waals surface area (Å²) in [6, 6.07) is 13.5. The molecular weight excluding hydrogens is 528 g/mol. The molecule has 1 saturated heterocycles. The number of amides is 2. The molecular formula is C32H40N8O2. The second-order valence-corrected chi connectivity index (χ2v) is 12.8. The minimum absolute atomic E-state index is 0.136. The lowest BCUT2D eigenvalue weighted by atomic mass is 9.85. The van der Waals surface area contributed by atoms with Gasteiger partial charge in [0.05, 0.1) is 23.5 Å². The Kier molecular flexibility index (Phi) is 7.12. The Morgan fingerprint density at radius 1 is 1.07 bits per heavy atom. The highest BCUT2D eigenvalue weighted by Gasteiger charge is 2.39. The second kappa shape index (κ2) is 10.7. The summed E-state index contributed by atoms with van der Waals surface area (Å²) >= 11 is 0. The zero-order chi connectivity index (χ0) is 29.6. The normalized spacial score (nSPS) is 22.6. The number of fused-ring (bicyclic) bond motifs is 2. The first-order valence-corrected chi connectivity index (χ1v) is 14.8. The summed E-state index contributed by atoms with van der Waals surface area (Å²) in [5.41, 5.74) is 3.52. The number of rotatable bonds is 5. The summed E-state index contributed by atoms with van der Waals surface area (Å²) in [7, 11) is 2.15. The molecule has 6 rings (SSSR count). The molecule has 4 aromatic rings. The van der Waals surface area contributed by atoms with E-state index in [9.17, 15) is 4.79 Å². The number of aryl methyl sites for hydroxylation is 1. The lowest BCUT2D eigenvalue weighted by molar-refractivity contribution is 0.170. The lowest BCUT2D eigenvalue weighted by Gasteiger charge is -2.32. The van der Waals surface area contributed by atoms with Crippen molar-refractivity contribution in [3.05, 3.63) is 77.1 Å². The van der Waals surface area contributed by atoms with Gasteiger partial charge in [0, 0.05) is 11.5 Å². The second-order valence-electron chi connectivity index (χ2n) is 12.8. The molecule has 3 aromatic heterocycles. The fourth-order valence-corrected chi connectivity index (χ4v) is 6.20. The fraction of sp³-hybridized carbons (Fsp3) is 0.469. The highest BCUT2D eigenvalue weighted by atomic mass is 16.5. The molecule has 1 fully saturated rings. The molecule has 10 nitrogen and oxygen atoms in total. The van der Waals surface area contributed by atoms with Gasteiger partial charge in [0.1, 0.15) is 23.5 Å². The first-order valence-electron chi connectivity index (χ1n) is 14.8. The van der Waals surface area contributed by atoms with Gasteiger partial charge in [-0.3, -0.25) is 14.6 Å². The molecule has 1 aromatic carbocycles. The van der Waals surface area contributed by atoms with Gasteiger partial charge in [-0.05, 0) is 76.4 Å². The number of hydrogen-bond donors (Lipinski definition) is 2. The maximum absolute atomic E-state index is 13.1. The van der Waals surface area contributed by atoms with Crippen LogP contribution < -0.4 is 15.4 Å². The number of benzene rings is 1. The molecule has 2 aliphatic rings. The van der Waals surface area contributed by atoms with E-state index in [-0.39, 0.29) is 29.1 Å². The number of pyridine rings is 1. The van der Waals surface area contributed by atoms with Crippen molar-refractivity contribution in [3.63, 3.8) is 0 Å². The Bertz CT molecular complexity index is 1630. The maximum atomic E-state index is 13.1. The van der Waals surface area contributed by atoms with E-state index in [4.69, 9.17) is 4.74 Å². The Morgan fingerprint density at radius 2 is 1.86 bits per heavy atom. The predicted octanol–water partition coefficient (Wildman–Crippen LogP) is 5.84. The Balaban J connectivity index is 1.19. The summed E-state index contributed by atoms with van der Waals surface area (Å²) in [6.07, 6.45) is 5.56. The van der Waals surface area contributed by atoms with Crippen molar-refractivity contribution in [2.75, 3.05) is 18.9 Å². The molecule has 0 spiro atoms. The maximum Gasteiger partial charge on any atom is 0.320 e. The van der Waals surface area contributed by atoms with Crippen molar-refractivity contribution in [1.82, 2.24) is 34.8 Å². The van der Waals surface area contributed by atoms with Gasteiger partial charge in [0.25, 0.3) is 0 Å². The van der Waals surface area contributed by atoms with Gasteiger partial charge in [-0.25, -0.2) is 14.8 Å². The number of nitrogens with one attached hydrogen (secondary N) is 2. The van der Waals surface area contributed by atoms with Crippen LogP contribution in [0.5, 0.6) is 5.75 Å². The minimum atomic E-state index is -0.289. The SMILES string of the molecule is Cc1nc(NC(=O)N[C@H]2CC[C@@H](Oc3ccc4nnc([C@]5(C)CCCN5C)n4c3)c3ccccc32)cc(C(C)(C)C)n1. The average molecular weight is 569 g/mol. The molecule has 0 radical (unpaired) electrons. The molecule has 10 heteroatoms. The van der Waals surface area contributed by atoms with Crippen LogP contribution in [-0.2, 0) is 11.0 Å². The fourth-order valence-electron chi connectivity index (χ4n) is 6.20. The van der Waals surface area contributed by atoms with Crippen molar-refractivity contribution in [1.29, 1.82) is 0 Å². The first kappa shape index (κ1) is 28.1. The number of urea groups is 1. The van der Waals surface area contributed by atoms with Gasteiger partial charge in [-0.2, -0.15) is 0 Å². The van der Waals surface area contributed by atoms with E-state index < -0.39 is 0 Å². The van der Waals surface area contributed by atoms with Crippen LogP contribution in [0.3, 0.4) is 0 Å². The molecule has 0 unspecified atom stereocenters. The third-order valence-electron chi connectivity index (χ3n) is 8.72. The minimum Gasteiger partial charge on any atom is -0.484 e. The number of nitrogens with zero attached hydrogens (tertiary/aromatic N) is 6. The highest BCUT2D eigenvalue weighted by molar-refractivity contribution is 5.88. The lowest BCUT2D eigenvalue weighted by Crippen LogP contribution is -2.37. The van der Waals surface area contributed by atoms with Crippen LogP contribution in [0.2, 0.25) is 0 Å². The Hall–Kier alpha value is -4.05. The molecule has 2 N–H and O–H groups in total. The average Bonchev–Trinajstić information content (AvgIpc) is 3.52. The number of hydrogen-bond acceptors (Lipinski definition) is 7. The van der Waals surface area contributed by atoms with Crippen LogP contribution in [-0.4, -0.2) is 49.1 Å². The first-order chi connectivity index (χ1) is 20.0. The molecule has 4 heterocycles. The third kappa shape index (κ3) is 5.31. The van der Waals surface area contributed by atoms with Gasteiger partial charge < -0.3 is 10.1 Å². The van der Waals surface area contributed by atoms with Crippen LogP contribution in [0.1, 0.15) is 94.0 Å². The van der Waals surface area contributed by atoms with E-state index in [0.717, 1.165) is 66.3 Å². The van der Waals surface area contributed by atoms with E-state index in [2.05, 4.69) is 87.0 Å². The predicted molar refractivity (Wildman–Crippen MR) is 162 cm³/mol. The molecule has 0 saturated carbocycles. The van der Waals surface area contributed by atoms with Crippen LogP contribution in [0.25, 0.3) is 5.65 Å². The van der Waals surface area contributed by atoms with Gasteiger partial charge in [0.15, 0.2) is 11.5 Å². The van der Waals surface area contributed by atoms with Crippen LogP contribution in [0.4, 0.5) is 10.6 Å².